The topological polar surface area (TPSA) is 163 Å². The first-order valence-corrected chi connectivity index (χ1v) is 9.19. The lowest BCUT2D eigenvalue weighted by atomic mass is 10.2. The predicted octanol–water partition coefficient (Wildman–Crippen LogP) is 1.10. The normalized spacial score (nSPS) is 11.2. The molecular weight excluding hydrogens is 390 g/mol. The minimum Gasteiger partial charge on any atom is -0.276 e. The summed E-state index contributed by atoms with van der Waals surface area (Å²) in [6.45, 7) is 3.06. The summed E-state index contributed by atoms with van der Waals surface area (Å²) < 4.78 is 28.6. The van der Waals surface area contributed by atoms with Crippen molar-refractivity contribution in [2.24, 2.45) is 0 Å². The van der Waals surface area contributed by atoms with Crippen molar-refractivity contribution in [1.82, 2.24) is 24.7 Å². The van der Waals surface area contributed by atoms with Crippen LogP contribution in [0.15, 0.2) is 35.7 Å². The van der Waals surface area contributed by atoms with Gasteiger partial charge in [-0.15, -0.1) is 0 Å². The van der Waals surface area contributed by atoms with Crippen LogP contribution in [0.3, 0.4) is 0 Å². The summed E-state index contributed by atoms with van der Waals surface area (Å²) in [6.07, 6.45) is 1.51. The number of hydrogen-bond donors (Lipinski definition) is 1. The average molecular weight is 403 g/mol. The SMILES string of the molecule is Cc1cc(-c2ncnn2C=O)nc(S(=O)(=O)Nc2c(C)cccc2[N+](=O)[O-])n1. The van der Waals surface area contributed by atoms with Gasteiger partial charge in [0.05, 0.1) is 4.92 Å². The van der Waals surface area contributed by atoms with E-state index in [0.717, 1.165) is 11.0 Å². The third-order valence-electron chi connectivity index (χ3n) is 3.66. The van der Waals surface area contributed by atoms with Crippen molar-refractivity contribution in [3.63, 3.8) is 0 Å². The predicted molar refractivity (Wildman–Crippen MR) is 96.6 cm³/mol. The zero-order chi connectivity index (χ0) is 20.5. The fraction of sp³-hybridized carbons (Fsp3) is 0.133. The minimum atomic E-state index is -4.37. The van der Waals surface area contributed by atoms with E-state index in [9.17, 15) is 23.3 Å². The van der Waals surface area contributed by atoms with E-state index in [4.69, 9.17) is 0 Å². The number of nitro benzene ring substituents is 1. The van der Waals surface area contributed by atoms with Gasteiger partial charge in [0.2, 0.25) is 6.41 Å². The molecule has 144 valence electrons. The standard InChI is InChI=1S/C15H13N7O5S/c1-9-4-3-5-12(22(24)25)13(9)20-28(26,27)15-18-10(2)6-11(19-15)14-16-7-17-21(14)8-23/h3-8,20H,1-2H3. The number of carbonyl (C=O) groups excluding carboxylic acids is 1. The fourth-order valence-corrected chi connectivity index (χ4v) is 3.51. The molecule has 13 heteroatoms. The van der Waals surface area contributed by atoms with Crippen LogP contribution in [0.25, 0.3) is 11.5 Å². The van der Waals surface area contributed by atoms with Crippen LogP contribution < -0.4 is 4.72 Å². The highest BCUT2D eigenvalue weighted by molar-refractivity contribution is 7.92. The number of nitrogens with one attached hydrogen (secondary N) is 1. The van der Waals surface area contributed by atoms with Gasteiger partial charge < -0.3 is 0 Å². The van der Waals surface area contributed by atoms with Gasteiger partial charge >= 0.3 is 0 Å². The number of rotatable bonds is 6. The maximum Gasteiger partial charge on any atom is 0.297 e. The molecule has 0 saturated carbocycles. The molecule has 0 aliphatic carbocycles. The van der Waals surface area contributed by atoms with Crippen LogP contribution in [0, 0.1) is 24.0 Å². The molecule has 3 rings (SSSR count). The third-order valence-corrected chi connectivity index (χ3v) is 4.80. The molecule has 3 aromatic rings. The smallest absolute Gasteiger partial charge is 0.276 e. The lowest BCUT2D eigenvalue weighted by Gasteiger charge is -2.11. The number of nitrogens with zero attached hydrogens (tertiary/aromatic N) is 6. The number of nitro groups is 1. The lowest BCUT2D eigenvalue weighted by Crippen LogP contribution is -2.19. The fourth-order valence-electron chi connectivity index (χ4n) is 2.40. The molecule has 1 N–H and O–H groups in total. The third kappa shape index (κ3) is 3.55. The first-order chi connectivity index (χ1) is 13.2. The Labute approximate surface area is 158 Å². The molecule has 0 aliphatic heterocycles. The molecule has 0 radical (unpaired) electrons. The summed E-state index contributed by atoms with van der Waals surface area (Å²) >= 11 is 0. The Morgan fingerprint density at radius 2 is 2.00 bits per heavy atom. The van der Waals surface area contributed by atoms with Gasteiger partial charge in [-0.1, -0.05) is 12.1 Å². The first-order valence-electron chi connectivity index (χ1n) is 7.70. The Hall–Kier alpha value is -3.74. The molecule has 28 heavy (non-hydrogen) atoms. The number of hydrogen-bond acceptors (Lipinski definition) is 9. The van der Waals surface area contributed by atoms with Crippen molar-refractivity contribution in [3.8, 4) is 11.5 Å². The molecule has 0 unspecified atom stereocenters. The summed E-state index contributed by atoms with van der Waals surface area (Å²) in [5.41, 5.74) is 0.0978. The van der Waals surface area contributed by atoms with E-state index < -0.39 is 25.8 Å². The Balaban J connectivity index is 2.09. The number of carbonyl (C=O) groups is 1. The van der Waals surface area contributed by atoms with Gasteiger partial charge in [-0.25, -0.2) is 15.0 Å². The van der Waals surface area contributed by atoms with Gasteiger partial charge in [0.25, 0.3) is 20.9 Å². The van der Waals surface area contributed by atoms with Gasteiger partial charge in [-0.2, -0.15) is 18.2 Å². The second kappa shape index (κ2) is 7.11. The van der Waals surface area contributed by atoms with Crippen molar-refractivity contribution in [1.29, 1.82) is 0 Å². The molecule has 2 heterocycles. The van der Waals surface area contributed by atoms with Gasteiger partial charge in [-0.3, -0.25) is 19.6 Å². The molecule has 0 fully saturated rings. The number of benzene rings is 1. The van der Waals surface area contributed by atoms with Crippen molar-refractivity contribution in [3.05, 3.63) is 52.0 Å². The largest absolute Gasteiger partial charge is 0.297 e. The van der Waals surface area contributed by atoms with Crippen molar-refractivity contribution < 1.29 is 18.1 Å². The van der Waals surface area contributed by atoms with Crippen LogP contribution in [0.2, 0.25) is 0 Å². The van der Waals surface area contributed by atoms with E-state index in [-0.39, 0.29) is 22.9 Å². The highest BCUT2D eigenvalue weighted by Crippen LogP contribution is 2.29. The van der Waals surface area contributed by atoms with E-state index in [2.05, 4.69) is 24.8 Å². The molecule has 0 bridgehead atoms. The Morgan fingerprint density at radius 1 is 1.25 bits per heavy atom. The molecule has 0 aliphatic rings. The summed E-state index contributed by atoms with van der Waals surface area (Å²) in [5.74, 6) is 0.0267. The highest BCUT2D eigenvalue weighted by Gasteiger charge is 2.26. The number of sulfonamides is 1. The zero-order valence-corrected chi connectivity index (χ0v) is 15.4. The molecule has 0 amide bonds. The van der Waals surface area contributed by atoms with Crippen LogP contribution in [-0.4, -0.2) is 44.5 Å². The average Bonchev–Trinajstić information content (AvgIpc) is 3.11. The number of aryl methyl sites for hydroxylation is 2. The van der Waals surface area contributed by atoms with Gasteiger partial charge in [0.15, 0.2) is 5.82 Å². The monoisotopic (exact) mass is 403 g/mol. The highest BCUT2D eigenvalue weighted by atomic mass is 32.2. The number of aromatic nitrogens is 5. The second-order valence-electron chi connectivity index (χ2n) is 5.64. The van der Waals surface area contributed by atoms with E-state index in [1.807, 2.05) is 0 Å². The lowest BCUT2D eigenvalue weighted by molar-refractivity contribution is -0.383. The van der Waals surface area contributed by atoms with E-state index in [0.29, 0.717) is 12.0 Å². The molecule has 12 nitrogen and oxygen atoms in total. The van der Waals surface area contributed by atoms with E-state index in [1.54, 1.807) is 0 Å². The van der Waals surface area contributed by atoms with Crippen molar-refractivity contribution in [2.75, 3.05) is 4.72 Å². The molecule has 0 atom stereocenters. The van der Waals surface area contributed by atoms with Crippen molar-refractivity contribution in [2.45, 2.75) is 19.0 Å². The summed E-state index contributed by atoms with van der Waals surface area (Å²) in [6, 6.07) is 5.58. The van der Waals surface area contributed by atoms with E-state index >= 15 is 0 Å². The Kier molecular flexibility index (Phi) is 4.83. The number of anilines is 1. The Bertz CT molecular complexity index is 1190. The van der Waals surface area contributed by atoms with Gasteiger partial charge in [0.1, 0.15) is 17.7 Å². The van der Waals surface area contributed by atoms with Crippen LogP contribution in [-0.2, 0) is 14.8 Å². The minimum absolute atomic E-state index is 0.0267. The molecule has 1 aromatic carbocycles. The molecule has 0 spiro atoms. The zero-order valence-electron chi connectivity index (χ0n) is 14.6. The summed E-state index contributed by atoms with van der Waals surface area (Å²) in [5, 5.41) is 14.3. The van der Waals surface area contributed by atoms with Gasteiger partial charge in [0, 0.05) is 11.8 Å². The first kappa shape index (κ1) is 19.0. The summed E-state index contributed by atoms with van der Waals surface area (Å²) in [7, 11) is -4.37. The molecular formula is C15H13N7O5S. The quantitative estimate of drug-likeness (QED) is 0.275. The maximum absolute atomic E-state index is 12.8. The van der Waals surface area contributed by atoms with E-state index in [1.165, 1.54) is 38.1 Å². The van der Waals surface area contributed by atoms with Crippen LogP contribution in [0.5, 0.6) is 0 Å². The van der Waals surface area contributed by atoms with Crippen LogP contribution in [0.1, 0.15) is 11.3 Å². The second-order valence-corrected chi connectivity index (χ2v) is 7.22. The number of para-hydroxylation sites is 1. The van der Waals surface area contributed by atoms with Crippen LogP contribution in [0.4, 0.5) is 11.4 Å². The summed E-state index contributed by atoms with van der Waals surface area (Å²) in [4.78, 5) is 33.3. The molecule has 2 aromatic heterocycles. The maximum atomic E-state index is 12.8. The Morgan fingerprint density at radius 3 is 2.68 bits per heavy atom. The van der Waals surface area contributed by atoms with Crippen molar-refractivity contribution >= 4 is 27.8 Å². The van der Waals surface area contributed by atoms with Crippen LogP contribution >= 0.6 is 0 Å². The van der Waals surface area contributed by atoms with Gasteiger partial charge in [-0.05, 0) is 25.5 Å². The molecule has 0 saturated heterocycles.